The Morgan fingerprint density at radius 2 is 0.961 bits per heavy atom. The molecule has 2 aromatic carbocycles. The molecule has 19 heteroatoms. The lowest BCUT2D eigenvalue weighted by molar-refractivity contribution is -0.143. The summed E-state index contributed by atoms with van der Waals surface area (Å²) in [5.74, 6) is -0.440. The maximum absolute atomic E-state index is 14.3. The highest BCUT2D eigenvalue weighted by Gasteiger charge is 2.46. The quantitative estimate of drug-likeness (QED) is 0.0789. The van der Waals surface area contributed by atoms with Crippen LogP contribution in [-0.2, 0) is 46.3 Å². The summed E-state index contributed by atoms with van der Waals surface area (Å²) in [6.07, 6.45) is 12.5. The molecule has 0 bridgehead atoms. The van der Waals surface area contributed by atoms with Gasteiger partial charge in [-0.15, -0.1) is 0 Å². The van der Waals surface area contributed by atoms with E-state index in [0.29, 0.717) is 39.3 Å². The van der Waals surface area contributed by atoms with Gasteiger partial charge in [-0.2, -0.15) is 0 Å². The fourth-order valence-electron chi connectivity index (χ4n) is 12.7. The summed E-state index contributed by atoms with van der Waals surface area (Å²) >= 11 is 0. The van der Waals surface area contributed by atoms with E-state index >= 15 is 0 Å². The Bertz CT molecular complexity index is 2200. The predicted molar refractivity (Wildman–Crippen MR) is 289 cm³/mol. The molecule has 6 amide bonds. The second kappa shape index (κ2) is 27.5. The van der Waals surface area contributed by atoms with Crippen molar-refractivity contribution in [1.82, 2.24) is 41.7 Å². The van der Waals surface area contributed by atoms with Gasteiger partial charge >= 0.3 is 0 Å². The maximum atomic E-state index is 14.3. The molecule has 2 saturated carbocycles. The third-order valence-corrected chi connectivity index (χ3v) is 17.3. The maximum Gasteiger partial charge on any atom is 0.246 e. The lowest BCUT2D eigenvalue weighted by Crippen LogP contribution is -2.58. The zero-order valence-electron chi connectivity index (χ0n) is 45.8. The third-order valence-electron chi connectivity index (χ3n) is 17.3. The Hall–Kier alpha value is -5.34. The first-order valence-electron chi connectivity index (χ1n) is 28.9. The van der Waals surface area contributed by atoms with E-state index in [2.05, 4.69) is 31.9 Å². The van der Waals surface area contributed by atoms with Crippen molar-refractivity contribution in [2.45, 2.75) is 190 Å². The first-order chi connectivity index (χ1) is 37.3. The summed E-state index contributed by atoms with van der Waals surface area (Å²) in [6, 6.07) is 6.83. The monoisotopic (exact) mass is 1070 g/mol. The fourth-order valence-corrected chi connectivity index (χ4v) is 12.7. The van der Waals surface area contributed by atoms with Gasteiger partial charge in [0, 0.05) is 25.9 Å². The summed E-state index contributed by atoms with van der Waals surface area (Å²) in [4.78, 5) is 86.0. The standard InChI is InChI=1S/C58H86N8O11/c1-35(59-3)53(69)63-51(37-15-7-5-8-16-37)57(73)65-33-39(67)31-47(65)55(71)61-45-23-11-21-43-41(45)19-13-25-49(43)76-29-27-75-28-30-77-50-26-14-20-42-44(50)22-12-24-46(42)62-56(72)48-32-40(68)34-66(48)58(74)52(38-17-9-6-10-18-38)64-54(70)36(2)60-4/h13-14,19-20,25-26,35-40,45-48,51-52,59-60,67-68H,5-12,15-18,21-24,27-34H2,1-4H3,(H,61,71)(H,62,72)(H,63,69)(H,64,70)/t35-,36-,39-,40-,45+,46+,47-,48-,51-,52-/m0/s1. The number of aliphatic hydroxyl groups is 2. The molecule has 2 saturated heterocycles. The summed E-state index contributed by atoms with van der Waals surface area (Å²) in [5.41, 5.74) is 3.96. The molecule has 77 heavy (non-hydrogen) atoms. The number of likely N-dealkylation sites (N-methyl/N-ethyl adjacent to an activating group) is 2. The second-order valence-electron chi connectivity index (χ2n) is 22.4. The lowest BCUT2D eigenvalue weighted by atomic mass is 9.83. The molecule has 19 nitrogen and oxygen atoms in total. The molecule has 2 aromatic rings. The van der Waals surface area contributed by atoms with E-state index in [-0.39, 0.29) is 85.3 Å². The Balaban J connectivity index is 0.814. The number of carbonyl (C=O) groups excluding carboxylic acids is 6. The second-order valence-corrected chi connectivity index (χ2v) is 22.4. The number of likely N-dealkylation sites (tertiary alicyclic amines) is 2. The van der Waals surface area contributed by atoms with Crippen molar-refractivity contribution in [3.63, 3.8) is 0 Å². The van der Waals surface area contributed by atoms with Crippen molar-refractivity contribution >= 4 is 35.4 Å². The van der Waals surface area contributed by atoms with Crippen LogP contribution in [0.15, 0.2) is 36.4 Å². The molecule has 2 heterocycles. The van der Waals surface area contributed by atoms with Crippen LogP contribution in [-0.4, -0.2) is 158 Å². The lowest BCUT2D eigenvalue weighted by Gasteiger charge is -2.35. The molecule has 2 aliphatic heterocycles. The minimum absolute atomic E-state index is 0.0311. The summed E-state index contributed by atoms with van der Waals surface area (Å²) in [5, 5.41) is 40.0. The van der Waals surface area contributed by atoms with Crippen LogP contribution in [0.5, 0.6) is 11.5 Å². The molecule has 0 aromatic heterocycles. The largest absolute Gasteiger partial charge is 0.491 e. The van der Waals surface area contributed by atoms with Crippen LogP contribution in [0, 0.1) is 11.8 Å². The molecule has 8 N–H and O–H groups in total. The summed E-state index contributed by atoms with van der Waals surface area (Å²) < 4.78 is 18.5. The smallest absolute Gasteiger partial charge is 0.246 e. The number of ether oxygens (including phenoxy) is 3. The summed E-state index contributed by atoms with van der Waals surface area (Å²) in [7, 11) is 3.39. The minimum Gasteiger partial charge on any atom is -0.491 e. The van der Waals surface area contributed by atoms with Gasteiger partial charge in [-0.1, -0.05) is 62.8 Å². The normalized spacial score (nSPS) is 25.3. The van der Waals surface area contributed by atoms with Crippen LogP contribution in [0.25, 0.3) is 0 Å². The molecular weight excluding hydrogens is 985 g/mol. The van der Waals surface area contributed by atoms with E-state index in [4.69, 9.17) is 14.2 Å². The van der Waals surface area contributed by atoms with Crippen LogP contribution in [0.1, 0.15) is 151 Å². The number of aliphatic hydroxyl groups excluding tert-OH is 2. The average molecular weight is 1070 g/mol. The van der Waals surface area contributed by atoms with Gasteiger partial charge in [0.25, 0.3) is 0 Å². The molecule has 0 radical (unpaired) electrons. The number of benzene rings is 2. The molecule has 8 rings (SSSR count). The highest BCUT2D eigenvalue weighted by atomic mass is 16.5. The predicted octanol–water partition coefficient (Wildman–Crippen LogP) is 3.42. The molecule has 0 unspecified atom stereocenters. The Morgan fingerprint density at radius 3 is 1.35 bits per heavy atom. The molecule has 6 aliphatic rings. The van der Waals surface area contributed by atoms with Crippen LogP contribution in [0.2, 0.25) is 0 Å². The molecular formula is C58H86N8O11. The number of carbonyl (C=O) groups is 6. The SMILES string of the molecule is CN[C@@H](C)C(=O)N[C@H](C(=O)N1C[C@@H](O)C[C@H]1C(=O)N[C@@H]1CCCc2c(OCCOCCOc3cccc4c3CCC[C@H]4NC(=O)[C@@H]3C[C@H](O)CN3C(=O)[C@@H](NC(=O)[C@H](C)NC)C3CCCCC3)cccc21)C1CCCCC1. The van der Waals surface area contributed by atoms with E-state index in [9.17, 15) is 39.0 Å². The molecule has 0 spiro atoms. The Kier molecular flexibility index (Phi) is 20.7. The fraction of sp³-hybridized carbons (Fsp3) is 0.690. The van der Waals surface area contributed by atoms with Crippen molar-refractivity contribution in [3.05, 3.63) is 58.7 Å². The minimum atomic E-state index is -0.866. The zero-order chi connectivity index (χ0) is 54.6. The topological polar surface area (TPSA) is 249 Å². The number of hydrogen-bond donors (Lipinski definition) is 8. The highest BCUT2D eigenvalue weighted by Crippen LogP contribution is 2.38. The van der Waals surface area contributed by atoms with Gasteiger partial charge in [0.05, 0.1) is 49.6 Å². The van der Waals surface area contributed by atoms with Crippen LogP contribution in [0.4, 0.5) is 0 Å². The first kappa shape index (κ1) is 57.8. The van der Waals surface area contributed by atoms with Gasteiger partial charge in [-0.25, -0.2) is 0 Å². The number of amides is 6. The molecule has 10 atom stereocenters. The van der Waals surface area contributed by atoms with Crippen LogP contribution in [0.3, 0.4) is 0 Å². The van der Waals surface area contributed by atoms with Crippen LogP contribution >= 0.6 is 0 Å². The van der Waals surface area contributed by atoms with E-state index in [0.717, 1.165) is 124 Å². The van der Waals surface area contributed by atoms with Crippen molar-refractivity contribution in [3.8, 4) is 11.5 Å². The number of hydrogen-bond acceptors (Lipinski definition) is 13. The van der Waals surface area contributed by atoms with Gasteiger partial charge in [0.2, 0.25) is 35.4 Å². The van der Waals surface area contributed by atoms with E-state index in [1.807, 2.05) is 36.4 Å². The van der Waals surface area contributed by atoms with Gasteiger partial charge < -0.3 is 66.1 Å². The highest BCUT2D eigenvalue weighted by molar-refractivity contribution is 5.95. The van der Waals surface area contributed by atoms with E-state index < -0.39 is 48.5 Å². The van der Waals surface area contributed by atoms with Gasteiger partial charge in [0.1, 0.15) is 48.9 Å². The van der Waals surface area contributed by atoms with Crippen molar-refractivity contribution < 1.29 is 53.2 Å². The van der Waals surface area contributed by atoms with E-state index in [1.165, 1.54) is 9.80 Å². The Labute approximate surface area is 454 Å². The van der Waals surface area contributed by atoms with E-state index in [1.54, 1.807) is 27.9 Å². The van der Waals surface area contributed by atoms with Gasteiger partial charge in [0.15, 0.2) is 0 Å². The number of nitrogens with one attached hydrogen (secondary N) is 6. The van der Waals surface area contributed by atoms with Gasteiger partial charge in [-0.05, 0) is 138 Å². The Morgan fingerprint density at radius 1 is 0.558 bits per heavy atom. The van der Waals surface area contributed by atoms with Gasteiger partial charge in [-0.3, -0.25) is 28.8 Å². The average Bonchev–Trinajstić information content (AvgIpc) is 4.05. The number of rotatable bonds is 22. The van der Waals surface area contributed by atoms with Crippen LogP contribution < -0.4 is 41.4 Å². The molecule has 4 aliphatic carbocycles. The summed E-state index contributed by atoms with van der Waals surface area (Å²) in [6.45, 7) is 4.78. The number of fused-ring (bicyclic) bond motifs is 2. The van der Waals surface area contributed by atoms with Crippen molar-refractivity contribution in [1.29, 1.82) is 0 Å². The first-order valence-corrected chi connectivity index (χ1v) is 28.9. The third kappa shape index (κ3) is 14.3. The molecule has 424 valence electrons. The molecule has 4 fully saturated rings. The van der Waals surface area contributed by atoms with Crippen molar-refractivity contribution in [2.24, 2.45) is 11.8 Å². The zero-order valence-corrected chi connectivity index (χ0v) is 45.8. The van der Waals surface area contributed by atoms with Crippen molar-refractivity contribution in [2.75, 3.05) is 53.6 Å². The number of β-amino-alcohol motifs (C(OH)–C–C–N with tert-alkyl or cyclic N) is 2. The number of nitrogens with zero attached hydrogens (tertiary/aromatic N) is 2.